The normalized spacial score (nSPS) is 12.9. The molecule has 296 valence electrons. The predicted octanol–water partition coefficient (Wildman–Crippen LogP) is 2.58. The van der Waals surface area contributed by atoms with Crippen LogP contribution >= 0.6 is 0 Å². The molecule has 0 saturated carbocycles. The monoisotopic (exact) mass is 778 g/mol. The molecule has 0 aliphatic heterocycles. The highest BCUT2D eigenvalue weighted by atomic mass is 32.2. The second-order valence-electron chi connectivity index (χ2n) is 13.6. The number of hydrogen-bond acceptors (Lipinski definition) is 14. The second kappa shape index (κ2) is 21.8. The van der Waals surface area contributed by atoms with Gasteiger partial charge in [-0.1, -0.05) is 38.1 Å². The zero-order valence-electron chi connectivity index (χ0n) is 31.7. The van der Waals surface area contributed by atoms with E-state index < -0.39 is 54.2 Å². The van der Waals surface area contributed by atoms with E-state index in [1.807, 2.05) is 56.1 Å². The molecule has 52 heavy (non-hydrogen) atoms. The molecule has 0 heterocycles. The van der Waals surface area contributed by atoms with Crippen LogP contribution in [0.25, 0.3) is 10.8 Å². The van der Waals surface area contributed by atoms with Crippen LogP contribution in [0.4, 0.5) is 0 Å². The van der Waals surface area contributed by atoms with Gasteiger partial charge in [0.15, 0.2) is 12.2 Å². The summed E-state index contributed by atoms with van der Waals surface area (Å²) in [6, 6.07) is 7.09. The van der Waals surface area contributed by atoms with Crippen molar-refractivity contribution >= 4 is 54.9 Å². The number of fused-ring (bicyclic) bond motifs is 1. The van der Waals surface area contributed by atoms with Crippen LogP contribution < -0.4 is 0 Å². The third kappa shape index (κ3) is 20.4. The third-order valence-electron chi connectivity index (χ3n) is 6.58. The van der Waals surface area contributed by atoms with Gasteiger partial charge in [-0.3, -0.25) is 9.59 Å². The molecule has 18 heteroatoms. The van der Waals surface area contributed by atoms with E-state index in [-0.39, 0.29) is 22.7 Å². The maximum atomic E-state index is 11.5. The van der Waals surface area contributed by atoms with Gasteiger partial charge in [-0.25, -0.2) is 26.4 Å². The molecule has 0 saturated heterocycles. The molecular weight excluding hydrogens is 725 g/mol. The number of ether oxygens (including phenoxy) is 4. The molecule has 2 atom stereocenters. The van der Waals surface area contributed by atoms with E-state index in [1.54, 1.807) is 0 Å². The van der Waals surface area contributed by atoms with Crippen molar-refractivity contribution in [3.05, 3.63) is 36.4 Å². The quantitative estimate of drug-likeness (QED) is 0.104. The van der Waals surface area contributed by atoms with Gasteiger partial charge in [0, 0.05) is 23.6 Å². The minimum atomic E-state index is -4.74. The summed E-state index contributed by atoms with van der Waals surface area (Å²) < 4.78 is 87.5. The topological polar surface area (TPSA) is 220 Å². The molecule has 2 rings (SSSR count). The van der Waals surface area contributed by atoms with E-state index in [2.05, 4.69) is 0 Å². The molecule has 2 aromatic rings. The average Bonchev–Trinajstić information content (AvgIpc) is 2.99. The number of benzene rings is 2. The summed E-state index contributed by atoms with van der Waals surface area (Å²) in [6.45, 7) is 8.93. The predicted molar refractivity (Wildman–Crippen MR) is 189 cm³/mol. The van der Waals surface area contributed by atoms with Crippen LogP contribution in [0.1, 0.15) is 53.4 Å². The molecule has 2 unspecified atom stereocenters. The van der Waals surface area contributed by atoms with E-state index >= 15 is 0 Å². The summed E-state index contributed by atoms with van der Waals surface area (Å²) in [5.41, 5.74) is 0. The van der Waals surface area contributed by atoms with E-state index in [0.717, 1.165) is 34.2 Å². The van der Waals surface area contributed by atoms with Crippen LogP contribution in [0, 0.1) is 0 Å². The van der Waals surface area contributed by atoms with E-state index in [9.17, 15) is 45.1 Å². The molecule has 0 radical (unpaired) electrons. The standard InChI is InChI=1S/2C12H24NO4.C10H8O6S2/c2*1-6-7-11(14)17-10(2)12(15)16-9-8-13(3,4)5;11-17(12,13)9-5-1-3-7-8(9)4-2-6-10(7)18(14,15)16/h2*10H,6-9H2,1-5H3;1-6H,(H,11,12,13)(H,14,15,16)/q2*+1;/p-2. The Morgan fingerprint density at radius 2 is 0.923 bits per heavy atom. The summed E-state index contributed by atoms with van der Waals surface area (Å²) in [7, 11) is 2.60. The number of rotatable bonds is 16. The highest BCUT2D eigenvalue weighted by Crippen LogP contribution is 2.28. The number of carbonyl (C=O) groups is 4. The van der Waals surface area contributed by atoms with Crippen molar-refractivity contribution in [3.8, 4) is 0 Å². The lowest BCUT2D eigenvalue weighted by molar-refractivity contribution is -0.870. The van der Waals surface area contributed by atoms with Gasteiger partial charge in [0.1, 0.15) is 46.5 Å². The number of esters is 4. The minimum Gasteiger partial charge on any atom is -0.744 e. The molecule has 0 bridgehead atoms. The summed E-state index contributed by atoms with van der Waals surface area (Å²) in [6.07, 6.45) is 0.444. The van der Waals surface area contributed by atoms with Crippen molar-refractivity contribution in [2.24, 2.45) is 0 Å². The van der Waals surface area contributed by atoms with Crippen LogP contribution in [0.5, 0.6) is 0 Å². The van der Waals surface area contributed by atoms with Gasteiger partial charge in [0.05, 0.1) is 52.1 Å². The highest BCUT2D eigenvalue weighted by molar-refractivity contribution is 7.86. The van der Waals surface area contributed by atoms with Crippen molar-refractivity contribution in [1.29, 1.82) is 0 Å². The fourth-order valence-corrected chi connectivity index (χ4v) is 5.17. The van der Waals surface area contributed by atoms with Gasteiger partial charge < -0.3 is 37.0 Å². The van der Waals surface area contributed by atoms with Crippen molar-refractivity contribution in [1.82, 2.24) is 0 Å². The van der Waals surface area contributed by atoms with Gasteiger partial charge in [0.2, 0.25) is 0 Å². The molecular formula is C34H54N2O14S2. The van der Waals surface area contributed by atoms with Gasteiger partial charge in [-0.15, -0.1) is 0 Å². The van der Waals surface area contributed by atoms with E-state index in [0.29, 0.717) is 38.9 Å². The van der Waals surface area contributed by atoms with Gasteiger partial charge >= 0.3 is 23.9 Å². The Morgan fingerprint density at radius 3 is 1.17 bits per heavy atom. The average molecular weight is 779 g/mol. The maximum absolute atomic E-state index is 11.5. The zero-order chi connectivity index (χ0) is 40.5. The van der Waals surface area contributed by atoms with Crippen molar-refractivity contribution in [3.63, 3.8) is 0 Å². The van der Waals surface area contributed by atoms with Crippen molar-refractivity contribution < 1.29 is 73.0 Å². The van der Waals surface area contributed by atoms with Gasteiger partial charge in [-0.05, 0) is 38.8 Å². The van der Waals surface area contributed by atoms with Crippen LogP contribution in [-0.4, -0.2) is 140 Å². The van der Waals surface area contributed by atoms with Crippen LogP contribution in [-0.2, 0) is 58.4 Å². The second-order valence-corrected chi connectivity index (χ2v) is 16.3. The smallest absolute Gasteiger partial charge is 0.347 e. The first-order valence-corrected chi connectivity index (χ1v) is 19.3. The first-order chi connectivity index (χ1) is 23.7. The molecule has 2 aromatic carbocycles. The Labute approximate surface area is 307 Å². The Hall–Kier alpha value is -3.68. The van der Waals surface area contributed by atoms with Crippen LogP contribution in [0.2, 0.25) is 0 Å². The Balaban J connectivity index is 0.000000751. The van der Waals surface area contributed by atoms with Crippen LogP contribution in [0.3, 0.4) is 0 Å². The number of carbonyl (C=O) groups excluding carboxylic acids is 4. The molecule has 0 aliphatic carbocycles. The van der Waals surface area contributed by atoms with Gasteiger partial charge in [0.25, 0.3) is 0 Å². The number of hydrogen-bond donors (Lipinski definition) is 0. The van der Waals surface area contributed by atoms with Crippen molar-refractivity contribution in [2.45, 2.75) is 75.4 Å². The Bertz CT molecular complexity index is 1570. The maximum Gasteiger partial charge on any atom is 0.347 e. The zero-order valence-corrected chi connectivity index (χ0v) is 33.3. The molecule has 0 aromatic heterocycles. The van der Waals surface area contributed by atoms with E-state index in [1.165, 1.54) is 38.1 Å². The summed E-state index contributed by atoms with van der Waals surface area (Å²) in [5, 5.41) is -0.158. The van der Waals surface area contributed by atoms with E-state index in [4.69, 9.17) is 18.9 Å². The molecule has 16 nitrogen and oxygen atoms in total. The summed E-state index contributed by atoms with van der Waals surface area (Å²) in [4.78, 5) is 44.1. The summed E-state index contributed by atoms with van der Waals surface area (Å²) in [5.74, 6) is -1.68. The SMILES string of the molecule is CCCC(=O)OC(C)C(=O)OCC[N+](C)(C)C.CCCC(=O)OC(C)C(=O)OCC[N+](C)(C)C.O=S(=O)([O-])c1cccc2c(S(=O)(=O)[O-])cccc12. The largest absolute Gasteiger partial charge is 0.744 e. The first kappa shape index (κ1) is 48.3. The first-order valence-electron chi connectivity index (χ1n) is 16.5. The molecule has 0 N–H and O–H groups in total. The number of likely N-dealkylation sites (N-methyl/N-ethyl adjacent to an activating group) is 2. The van der Waals surface area contributed by atoms with Crippen molar-refractivity contribution in [2.75, 3.05) is 68.6 Å². The molecule has 0 fully saturated rings. The molecule has 0 spiro atoms. The van der Waals surface area contributed by atoms with Gasteiger partial charge in [-0.2, -0.15) is 0 Å². The minimum absolute atomic E-state index is 0.0792. The Morgan fingerprint density at radius 1 is 0.615 bits per heavy atom. The number of quaternary nitrogens is 2. The fourth-order valence-electron chi connectivity index (χ4n) is 3.78. The Kier molecular flexibility index (Phi) is 20.2. The lowest BCUT2D eigenvalue weighted by atomic mass is 10.1. The third-order valence-corrected chi connectivity index (χ3v) is 8.37. The fraction of sp³-hybridized carbons (Fsp3) is 0.588. The molecule has 0 aliphatic rings. The number of nitrogens with zero attached hydrogens (tertiary/aromatic N) is 2. The summed E-state index contributed by atoms with van der Waals surface area (Å²) >= 11 is 0. The van der Waals surface area contributed by atoms with Crippen LogP contribution in [0.15, 0.2) is 46.2 Å². The molecule has 0 amide bonds. The highest BCUT2D eigenvalue weighted by Gasteiger charge is 2.21. The lowest BCUT2D eigenvalue weighted by Gasteiger charge is -2.23. The lowest BCUT2D eigenvalue weighted by Crippen LogP contribution is -2.39.